The molecule has 11 heavy (non-hydrogen) atoms. The monoisotopic (exact) mass is 156 g/mol. The molecule has 0 bridgehead atoms. The molecular formula is C6H15LiNO3+. The predicted octanol–water partition coefficient (Wildman–Crippen LogP) is -3.69. The van der Waals surface area contributed by atoms with Crippen molar-refractivity contribution in [2.45, 2.75) is 39.5 Å². The average Bonchev–Trinajstić information content (AvgIpc) is 1.59. The fourth-order valence-corrected chi connectivity index (χ4v) is 0.937. The summed E-state index contributed by atoms with van der Waals surface area (Å²) in [5.74, 6) is 0. The second kappa shape index (κ2) is 6.01. The van der Waals surface area contributed by atoms with E-state index in [1.54, 1.807) is 0 Å². The van der Waals surface area contributed by atoms with Crippen LogP contribution in [0.1, 0.15) is 20.8 Å². The van der Waals surface area contributed by atoms with E-state index >= 15 is 0 Å². The Hall–Kier alpha value is 0.437. The van der Waals surface area contributed by atoms with Gasteiger partial charge in [-0.25, -0.2) is 4.90 Å². The third kappa shape index (κ3) is 4.80. The summed E-state index contributed by atoms with van der Waals surface area (Å²) in [6, 6.07) is 0. The molecule has 0 spiro atoms. The number of hydrogen-bond acceptors (Lipinski definition) is 4. The molecule has 0 heterocycles. The van der Waals surface area contributed by atoms with Crippen molar-refractivity contribution < 1.29 is 34.2 Å². The van der Waals surface area contributed by atoms with Crippen molar-refractivity contribution in [3.8, 4) is 0 Å². The van der Waals surface area contributed by atoms with Gasteiger partial charge in [0.15, 0.2) is 0 Å². The fourth-order valence-electron chi connectivity index (χ4n) is 0.937. The van der Waals surface area contributed by atoms with Crippen molar-refractivity contribution in [1.82, 2.24) is 4.90 Å². The molecular weight excluding hydrogens is 141 g/mol. The molecule has 0 saturated heterocycles. The van der Waals surface area contributed by atoms with Gasteiger partial charge >= 0.3 is 18.9 Å². The van der Waals surface area contributed by atoms with Gasteiger partial charge < -0.3 is 15.3 Å². The second-order valence-corrected chi connectivity index (χ2v) is 2.34. The largest absolute Gasteiger partial charge is 1.00 e. The Morgan fingerprint density at radius 2 is 1.00 bits per heavy atom. The smallest absolute Gasteiger partial charge is 0.379 e. The summed E-state index contributed by atoms with van der Waals surface area (Å²) < 4.78 is 0. The van der Waals surface area contributed by atoms with Crippen LogP contribution in [0.25, 0.3) is 0 Å². The van der Waals surface area contributed by atoms with Crippen LogP contribution < -0.4 is 18.9 Å². The molecule has 5 heteroatoms. The summed E-state index contributed by atoms with van der Waals surface area (Å²) in [4.78, 5) is 1.17. The van der Waals surface area contributed by atoms with Crippen LogP contribution in [0.5, 0.6) is 0 Å². The van der Waals surface area contributed by atoms with E-state index in [9.17, 15) is 0 Å². The normalized spacial score (nSPS) is 18.8. The van der Waals surface area contributed by atoms with Crippen LogP contribution in [0.15, 0.2) is 0 Å². The number of nitrogens with zero attached hydrogens (tertiary/aromatic N) is 1. The Kier molecular flexibility index (Phi) is 7.64. The summed E-state index contributed by atoms with van der Waals surface area (Å²) in [6.07, 6.45) is -2.50. The fraction of sp³-hybridized carbons (Fsp3) is 1.00. The van der Waals surface area contributed by atoms with Gasteiger partial charge in [0.05, 0.1) is 0 Å². The third-order valence-corrected chi connectivity index (χ3v) is 1.29. The molecule has 3 unspecified atom stereocenters. The molecule has 0 saturated carbocycles. The number of aliphatic hydroxyl groups excluding tert-OH is 3. The maximum Gasteiger partial charge on any atom is 1.00 e. The van der Waals surface area contributed by atoms with Gasteiger partial charge in [0.25, 0.3) is 0 Å². The van der Waals surface area contributed by atoms with Gasteiger partial charge in [0.1, 0.15) is 18.7 Å². The van der Waals surface area contributed by atoms with Crippen LogP contribution in [0.2, 0.25) is 0 Å². The van der Waals surface area contributed by atoms with Crippen LogP contribution in [0.4, 0.5) is 0 Å². The van der Waals surface area contributed by atoms with E-state index < -0.39 is 18.7 Å². The molecule has 62 valence electrons. The number of aliphatic hydroxyl groups is 3. The number of hydrogen-bond donors (Lipinski definition) is 3. The van der Waals surface area contributed by atoms with E-state index in [1.165, 1.54) is 25.7 Å². The first kappa shape index (κ1) is 14.0. The van der Waals surface area contributed by atoms with Crippen molar-refractivity contribution >= 4 is 0 Å². The molecule has 0 aliphatic heterocycles. The average molecular weight is 156 g/mol. The summed E-state index contributed by atoms with van der Waals surface area (Å²) in [5.41, 5.74) is 0. The summed E-state index contributed by atoms with van der Waals surface area (Å²) in [7, 11) is 0. The molecule has 0 aliphatic rings. The molecule has 3 atom stereocenters. The molecule has 0 radical (unpaired) electrons. The summed E-state index contributed by atoms with van der Waals surface area (Å²) in [5, 5.41) is 26.9. The van der Waals surface area contributed by atoms with E-state index in [1.807, 2.05) is 0 Å². The molecule has 0 fully saturated rings. The zero-order valence-electron chi connectivity index (χ0n) is 7.52. The van der Waals surface area contributed by atoms with Crippen molar-refractivity contribution in [3.05, 3.63) is 0 Å². The van der Waals surface area contributed by atoms with Crippen LogP contribution in [0, 0.1) is 0 Å². The van der Waals surface area contributed by atoms with Gasteiger partial charge in [-0.05, 0) is 20.8 Å². The minimum absolute atomic E-state index is 0. The Bertz CT molecular complexity index is 78.8. The second-order valence-electron chi connectivity index (χ2n) is 2.34. The van der Waals surface area contributed by atoms with E-state index in [0.717, 1.165) is 0 Å². The summed E-state index contributed by atoms with van der Waals surface area (Å²) >= 11 is 0. The first-order chi connectivity index (χ1) is 4.46. The number of rotatable bonds is 3. The first-order valence-electron chi connectivity index (χ1n) is 3.28. The Morgan fingerprint density at radius 1 is 0.818 bits per heavy atom. The molecule has 0 aromatic carbocycles. The van der Waals surface area contributed by atoms with Gasteiger partial charge in [0.2, 0.25) is 0 Å². The topological polar surface area (TPSA) is 63.9 Å². The van der Waals surface area contributed by atoms with Crippen LogP contribution in [0.3, 0.4) is 0 Å². The Morgan fingerprint density at radius 3 is 1.00 bits per heavy atom. The van der Waals surface area contributed by atoms with Crippen LogP contribution in [-0.2, 0) is 0 Å². The Labute approximate surface area is 79.0 Å². The van der Waals surface area contributed by atoms with Gasteiger partial charge in [-0.15, -0.1) is 0 Å². The first-order valence-corrected chi connectivity index (χ1v) is 3.28. The van der Waals surface area contributed by atoms with Crippen LogP contribution in [-0.4, -0.2) is 38.9 Å². The van der Waals surface area contributed by atoms with E-state index in [2.05, 4.69) is 0 Å². The van der Waals surface area contributed by atoms with Crippen molar-refractivity contribution in [1.29, 1.82) is 0 Å². The van der Waals surface area contributed by atoms with Gasteiger partial charge in [0, 0.05) is 0 Å². The molecule has 0 aromatic rings. The van der Waals surface area contributed by atoms with Crippen molar-refractivity contribution in [2.75, 3.05) is 0 Å². The minimum Gasteiger partial charge on any atom is -0.379 e. The quantitative estimate of drug-likeness (QED) is 0.291. The maximum atomic E-state index is 8.96. The molecule has 0 aliphatic carbocycles. The van der Waals surface area contributed by atoms with Crippen molar-refractivity contribution in [2.24, 2.45) is 0 Å². The minimum atomic E-state index is -0.833. The van der Waals surface area contributed by atoms with Gasteiger partial charge in [-0.1, -0.05) is 0 Å². The van der Waals surface area contributed by atoms with E-state index in [-0.39, 0.29) is 18.9 Å². The molecule has 0 rings (SSSR count). The predicted molar refractivity (Wildman–Crippen MR) is 36.9 cm³/mol. The van der Waals surface area contributed by atoms with Crippen LogP contribution >= 0.6 is 0 Å². The van der Waals surface area contributed by atoms with E-state index in [0.29, 0.717) is 0 Å². The van der Waals surface area contributed by atoms with Gasteiger partial charge in [-0.3, -0.25) is 0 Å². The maximum absolute atomic E-state index is 8.96. The third-order valence-electron chi connectivity index (χ3n) is 1.29. The molecule has 0 aromatic heterocycles. The van der Waals surface area contributed by atoms with Crippen molar-refractivity contribution in [3.63, 3.8) is 0 Å². The Balaban J connectivity index is 0. The molecule has 4 nitrogen and oxygen atoms in total. The standard InChI is InChI=1S/C6H15NO3.Li/c1-4(8)7(5(2)9)6(3)10;/h4-6,8-10H,1-3H3;/q;+1. The zero-order chi connectivity index (χ0) is 8.31. The molecule has 3 N–H and O–H groups in total. The zero-order valence-corrected chi connectivity index (χ0v) is 7.52. The SMILES string of the molecule is CC(O)N(C(C)O)C(C)O.[Li+]. The van der Waals surface area contributed by atoms with Gasteiger partial charge in [-0.2, -0.15) is 0 Å². The summed E-state index contributed by atoms with van der Waals surface area (Å²) in [6.45, 7) is 4.46. The van der Waals surface area contributed by atoms with E-state index in [4.69, 9.17) is 15.3 Å². The molecule has 0 amide bonds.